The van der Waals surface area contributed by atoms with Crippen LogP contribution in [0.25, 0.3) is 11.4 Å². The summed E-state index contributed by atoms with van der Waals surface area (Å²) in [5.41, 5.74) is 0.815. The average Bonchev–Trinajstić information content (AvgIpc) is 3.50. The summed E-state index contributed by atoms with van der Waals surface area (Å²) in [6.07, 6.45) is -0.0891. The Morgan fingerprint density at radius 3 is 2.44 bits per heavy atom. The highest BCUT2D eigenvalue weighted by Crippen LogP contribution is 2.33. The summed E-state index contributed by atoms with van der Waals surface area (Å²) in [5, 5.41) is 25.8. The van der Waals surface area contributed by atoms with Gasteiger partial charge in [-0.15, -0.1) is 0 Å². The lowest BCUT2D eigenvalue weighted by molar-refractivity contribution is 0.0438. The van der Waals surface area contributed by atoms with E-state index in [4.69, 9.17) is 9.26 Å². The standard InChI is InChI=1S/C26H26FN3O6/c1-13(35-18-7-4-15(5-8-18)23(33)14-2-3-14)26-29-24(30-36-26)16-6-9-19(20(27)10-16)25(34)28-17-11-21(31)22(32)12-17/h4-10,13-14,17,21-22,31-32H,2-3,11-12H2,1H3,(H,28,34)/t13-,21+,22+/m1/s1. The topological polar surface area (TPSA) is 135 Å². The van der Waals surface area contributed by atoms with Crippen LogP contribution in [0.3, 0.4) is 0 Å². The van der Waals surface area contributed by atoms with Crippen molar-refractivity contribution in [2.75, 3.05) is 0 Å². The molecule has 10 heteroatoms. The van der Waals surface area contributed by atoms with Gasteiger partial charge in [-0.25, -0.2) is 4.39 Å². The Labute approximate surface area is 206 Å². The third-order valence-corrected chi connectivity index (χ3v) is 6.49. The number of hydrogen-bond acceptors (Lipinski definition) is 8. The van der Waals surface area contributed by atoms with Crippen molar-refractivity contribution in [3.63, 3.8) is 0 Å². The second kappa shape index (κ2) is 9.79. The first-order chi connectivity index (χ1) is 17.3. The number of ketones is 1. The Balaban J connectivity index is 1.22. The number of carbonyl (C=O) groups is 2. The number of hydrogen-bond donors (Lipinski definition) is 3. The smallest absolute Gasteiger partial charge is 0.267 e. The van der Waals surface area contributed by atoms with E-state index in [0.717, 1.165) is 18.9 Å². The number of carbonyl (C=O) groups excluding carboxylic acids is 2. The zero-order valence-corrected chi connectivity index (χ0v) is 19.6. The van der Waals surface area contributed by atoms with Crippen molar-refractivity contribution in [3.8, 4) is 17.1 Å². The van der Waals surface area contributed by atoms with Gasteiger partial charge in [-0.1, -0.05) is 11.2 Å². The second-order valence-corrected chi connectivity index (χ2v) is 9.35. The van der Waals surface area contributed by atoms with Gasteiger partial charge in [0.05, 0.1) is 17.8 Å². The van der Waals surface area contributed by atoms with Crippen LogP contribution >= 0.6 is 0 Å². The minimum Gasteiger partial charge on any atom is -0.481 e. The Morgan fingerprint density at radius 1 is 1.11 bits per heavy atom. The lowest BCUT2D eigenvalue weighted by Gasteiger charge is -2.12. The maximum absolute atomic E-state index is 14.7. The largest absolute Gasteiger partial charge is 0.481 e. The first kappa shape index (κ1) is 24.1. The summed E-state index contributed by atoms with van der Waals surface area (Å²) in [4.78, 5) is 28.9. The van der Waals surface area contributed by atoms with Crippen molar-refractivity contribution in [1.82, 2.24) is 15.5 Å². The Bertz CT molecular complexity index is 1260. The van der Waals surface area contributed by atoms with E-state index >= 15 is 0 Å². The molecule has 0 saturated heterocycles. The fraction of sp³-hybridized carbons (Fsp3) is 0.385. The van der Waals surface area contributed by atoms with Gasteiger partial charge in [-0.3, -0.25) is 9.59 Å². The molecule has 0 bridgehead atoms. The summed E-state index contributed by atoms with van der Waals surface area (Å²) in [6.45, 7) is 1.73. The number of amides is 1. The van der Waals surface area contributed by atoms with Gasteiger partial charge in [0.25, 0.3) is 11.8 Å². The minimum atomic E-state index is -0.905. The molecule has 1 heterocycles. The molecular weight excluding hydrogens is 469 g/mol. The molecule has 0 unspecified atom stereocenters. The summed E-state index contributed by atoms with van der Waals surface area (Å²) in [6, 6.07) is 10.4. The van der Waals surface area contributed by atoms with Gasteiger partial charge in [0.2, 0.25) is 5.82 Å². The van der Waals surface area contributed by atoms with Crippen molar-refractivity contribution < 1.29 is 33.5 Å². The molecule has 1 amide bonds. The van der Waals surface area contributed by atoms with Gasteiger partial charge in [0.15, 0.2) is 11.9 Å². The third kappa shape index (κ3) is 5.14. The highest BCUT2D eigenvalue weighted by atomic mass is 19.1. The van der Waals surface area contributed by atoms with E-state index < -0.39 is 36.1 Å². The molecule has 9 nitrogen and oxygen atoms in total. The molecule has 2 fully saturated rings. The number of nitrogens with zero attached hydrogens (tertiary/aromatic N) is 2. The molecule has 0 spiro atoms. The van der Waals surface area contributed by atoms with Crippen LogP contribution in [0.4, 0.5) is 4.39 Å². The monoisotopic (exact) mass is 495 g/mol. The van der Waals surface area contributed by atoms with Crippen LogP contribution in [0.1, 0.15) is 65.3 Å². The highest BCUT2D eigenvalue weighted by molar-refractivity contribution is 5.99. The van der Waals surface area contributed by atoms with E-state index in [1.807, 2.05) is 0 Å². The van der Waals surface area contributed by atoms with Gasteiger partial charge < -0.3 is 24.8 Å². The van der Waals surface area contributed by atoms with E-state index in [2.05, 4.69) is 15.5 Å². The van der Waals surface area contributed by atoms with Crippen LogP contribution in [-0.2, 0) is 0 Å². The molecule has 3 N–H and O–H groups in total. The summed E-state index contributed by atoms with van der Waals surface area (Å²) < 4.78 is 25.8. The fourth-order valence-electron chi connectivity index (χ4n) is 4.26. The molecule has 2 aliphatic carbocycles. The number of aliphatic hydroxyl groups excluding tert-OH is 2. The average molecular weight is 496 g/mol. The van der Waals surface area contributed by atoms with Gasteiger partial charge in [0, 0.05) is 23.1 Å². The Kier molecular flexibility index (Phi) is 6.55. The number of nitrogens with one attached hydrogen (secondary N) is 1. The van der Waals surface area contributed by atoms with Gasteiger partial charge in [-0.05, 0) is 69.0 Å². The van der Waals surface area contributed by atoms with Crippen LogP contribution in [0.15, 0.2) is 47.0 Å². The summed E-state index contributed by atoms with van der Waals surface area (Å²) >= 11 is 0. The molecule has 0 radical (unpaired) electrons. The summed E-state index contributed by atoms with van der Waals surface area (Å²) in [7, 11) is 0. The third-order valence-electron chi connectivity index (χ3n) is 6.49. The van der Waals surface area contributed by atoms with E-state index in [-0.39, 0.29) is 41.8 Å². The number of aliphatic hydroxyl groups is 2. The number of aromatic nitrogens is 2. The highest BCUT2D eigenvalue weighted by Gasteiger charge is 2.33. The molecule has 0 aliphatic heterocycles. The van der Waals surface area contributed by atoms with Crippen LogP contribution in [0.2, 0.25) is 0 Å². The molecule has 2 aliphatic rings. The maximum atomic E-state index is 14.7. The number of benzene rings is 2. The number of halogens is 1. The van der Waals surface area contributed by atoms with Gasteiger partial charge in [-0.2, -0.15) is 4.98 Å². The molecule has 3 aromatic rings. The van der Waals surface area contributed by atoms with Crippen molar-refractivity contribution in [2.45, 2.75) is 57.0 Å². The predicted octanol–water partition coefficient (Wildman–Crippen LogP) is 3.22. The lowest BCUT2D eigenvalue weighted by Crippen LogP contribution is -2.34. The Morgan fingerprint density at radius 2 is 1.81 bits per heavy atom. The second-order valence-electron chi connectivity index (χ2n) is 9.35. The zero-order valence-electron chi connectivity index (χ0n) is 19.6. The van der Waals surface area contributed by atoms with E-state index in [0.29, 0.717) is 16.9 Å². The van der Waals surface area contributed by atoms with Crippen LogP contribution in [0.5, 0.6) is 5.75 Å². The van der Waals surface area contributed by atoms with Gasteiger partial charge >= 0.3 is 0 Å². The quantitative estimate of drug-likeness (QED) is 0.406. The minimum absolute atomic E-state index is 0.138. The number of ether oxygens (including phenoxy) is 1. The van der Waals surface area contributed by atoms with Crippen molar-refractivity contribution in [1.29, 1.82) is 0 Å². The van der Waals surface area contributed by atoms with E-state index in [1.165, 1.54) is 12.1 Å². The first-order valence-corrected chi connectivity index (χ1v) is 11.9. The maximum Gasteiger partial charge on any atom is 0.267 e. The van der Waals surface area contributed by atoms with E-state index in [1.54, 1.807) is 31.2 Å². The lowest BCUT2D eigenvalue weighted by atomic mass is 10.1. The van der Waals surface area contributed by atoms with Crippen molar-refractivity contribution >= 4 is 11.7 Å². The molecule has 2 saturated carbocycles. The Hall–Kier alpha value is -3.63. The molecule has 2 aromatic carbocycles. The molecule has 36 heavy (non-hydrogen) atoms. The molecule has 188 valence electrons. The molecule has 3 atom stereocenters. The fourth-order valence-corrected chi connectivity index (χ4v) is 4.26. The van der Waals surface area contributed by atoms with Crippen molar-refractivity contribution in [3.05, 3.63) is 65.3 Å². The van der Waals surface area contributed by atoms with Crippen molar-refractivity contribution in [2.24, 2.45) is 5.92 Å². The SMILES string of the molecule is C[C@@H](Oc1ccc(C(=O)C2CC2)cc1)c1nc(-c2ccc(C(=O)NC3C[C@H](O)[C@@H](O)C3)c(F)c2)no1. The molecular formula is C26H26FN3O6. The molecule has 5 rings (SSSR count). The first-order valence-electron chi connectivity index (χ1n) is 11.9. The normalized spacial score (nSPS) is 20.8. The predicted molar refractivity (Wildman–Crippen MR) is 125 cm³/mol. The van der Waals surface area contributed by atoms with Gasteiger partial charge in [0.1, 0.15) is 11.6 Å². The number of rotatable bonds is 8. The molecule has 1 aromatic heterocycles. The zero-order chi connectivity index (χ0) is 25.4. The summed E-state index contributed by atoms with van der Waals surface area (Å²) in [5.74, 6) is -0.230. The van der Waals surface area contributed by atoms with Crippen LogP contribution in [-0.4, -0.2) is 50.3 Å². The van der Waals surface area contributed by atoms with E-state index in [9.17, 15) is 24.2 Å². The van der Waals surface area contributed by atoms with Crippen LogP contribution < -0.4 is 10.1 Å². The number of Topliss-reactive ketones (excluding diaryl/α,β-unsaturated/α-hetero) is 1. The van der Waals surface area contributed by atoms with Crippen LogP contribution in [0, 0.1) is 11.7 Å².